The Kier molecular flexibility index (Phi) is 13.0. The summed E-state index contributed by atoms with van der Waals surface area (Å²) < 4.78 is 122. The molecule has 0 N–H and O–H groups in total. The van der Waals surface area contributed by atoms with Crippen molar-refractivity contribution in [3.63, 3.8) is 0 Å². The molecule has 0 heterocycles. The van der Waals surface area contributed by atoms with Crippen LogP contribution in [0.1, 0.15) is 0 Å². The monoisotopic (exact) mass is 623 g/mol. The summed E-state index contributed by atoms with van der Waals surface area (Å²) >= 11 is -0.171. The molecule has 0 aliphatic heterocycles. The molecule has 0 bridgehead atoms. The van der Waals surface area contributed by atoms with Crippen LogP contribution in [0.25, 0.3) is 0 Å². The molecule has 0 spiro atoms. The molecule has 0 saturated heterocycles. The molecule has 0 aliphatic rings. The summed E-state index contributed by atoms with van der Waals surface area (Å²) in [5, 5.41) is 0. The first-order valence-corrected chi connectivity index (χ1v) is 15.8. The van der Waals surface area contributed by atoms with Gasteiger partial charge in [0.15, 0.2) is 20.2 Å². The van der Waals surface area contributed by atoms with E-state index in [0.717, 1.165) is 0 Å². The summed E-state index contributed by atoms with van der Waals surface area (Å²) in [5.74, 6) is 5.94. The first kappa shape index (κ1) is 31.9. The largest absolute Gasteiger partial charge is 0.741 e. The maximum Gasteiger partial charge on any atom is 0.485 e. The van der Waals surface area contributed by atoms with Crippen molar-refractivity contribution in [3.8, 4) is 21.3 Å². The zero-order valence-corrected chi connectivity index (χ0v) is 20.6. The summed E-state index contributed by atoms with van der Waals surface area (Å²) in [4.78, 5) is 0. The zero-order valence-electron chi connectivity index (χ0n) is 15.8. The van der Waals surface area contributed by atoms with Crippen molar-refractivity contribution in [2.45, 2.75) is 30.7 Å². The van der Waals surface area contributed by atoms with Crippen molar-refractivity contribution in [1.82, 2.24) is 0 Å². The van der Waals surface area contributed by atoms with Gasteiger partial charge in [-0.2, -0.15) is 26.3 Å². The molecule has 31 heavy (non-hydrogen) atoms. The molecule has 0 amide bonds. The summed E-state index contributed by atoms with van der Waals surface area (Å²) in [6.45, 7) is 6.69. The van der Waals surface area contributed by atoms with Gasteiger partial charge in [-0.3, -0.25) is 0 Å². The van der Waals surface area contributed by atoms with E-state index in [1.54, 1.807) is 0 Å². The fourth-order valence-corrected chi connectivity index (χ4v) is 2.59. The van der Waals surface area contributed by atoms with Gasteiger partial charge >= 0.3 is 32.2 Å². The highest BCUT2D eigenvalue weighted by molar-refractivity contribution is 7.86. The van der Waals surface area contributed by atoms with Crippen LogP contribution in [0.2, 0.25) is 19.6 Å². The van der Waals surface area contributed by atoms with Crippen LogP contribution in [0.4, 0.5) is 26.3 Å². The van der Waals surface area contributed by atoms with Crippen molar-refractivity contribution in [3.05, 3.63) is 33.9 Å². The highest BCUT2D eigenvalue weighted by Gasteiger charge is 2.37. The number of benzene rings is 1. The van der Waals surface area contributed by atoms with Gasteiger partial charge in [0.05, 0.1) is 0 Å². The lowest BCUT2D eigenvalue weighted by Crippen LogP contribution is -3.59. The first-order chi connectivity index (χ1) is 13.6. The Morgan fingerprint density at radius 3 is 1.45 bits per heavy atom. The standard InChI is InChI=1S/C13H14ISi.2CHF3O3S/c1-15(2,3)12-8-7-11-14-13-9-5-4-6-10-13;2*2-1(3,4)8(5,6)7/h4-6,9-10H,1-3H3;2*(H,5,6,7)/q+1;;/p-2. The molecule has 1 rings (SSSR count). The summed E-state index contributed by atoms with van der Waals surface area (Å²) in [6, 6.07) is 10.4. The topological polar surface area (TPSA) is 114 Å². The molecule has 0 unspecified atom stereocenters. The molecule has 0 saturated carbocycles. The zero-order chi connectivity index (χ0) is 25.1. The average molecular weight is 623 g/mol. The maximum atomic E-state index is 10.7. The molecular weight excluding hydrogens is 609 g/mol. The SMILES string of the molecule is C[Si](C)(C)C#CC#C[I+]c1ccccc1.O=S(=O)([O-])C(F)(F)F.O=S(=O)([O-])C(F)(F)F. The fourth-order valence-electron chi connectivity index (χ4n) is 0.798. The van der Waals surface area contributed by atoms with Gasteiger partial charge in [0.25, 0.3) is 0 Å². The van der Waals surface area contributed by atoms with Crippen molar-refractivity contribution in [2.24, 2.45) is 0 Å². The van der Waals surface area contributed by atoms with E-state index in [-0.39, 0.29) is 21.2 Å². The highest BCUT2D eigenvalue weighted by Crippen LogP contribution is 2.21. The van der Waals surface area contributed by atoms with E-state index in [1.807, 2.05) is 6.07 Å². The van der Waals surface area contributed by atoms with E-state index >= 15 is 0 Å². The van der Waals surface area contributed by atoms with Crippen molar-refractivity contribution < 1.29 is 73.5 Å². The van der Waals surface area contributed by atoms with Crippen LogP contribution in [0, 0.1) is 24.9 Å². The van der Waals surface area contributed by atoms with Gasteiger partial charge in [0.1, 0.15) is 8.07 Å². The molecule has 1 aromatic rings. The molecule has 6 nitrogen and oxygen atoms in total. The van der Waals surface area contributed by atoms with E-state index < -0.39 is 39.3 Å². The van der Waals surface area contributed by atoms with Crippen molar-refractivity contribution in [2.75, 3.05) is 0 Å². The van der Waals surface area contributed by atoms with E-state index in [1.165, 1.54) is 3.57 Å². The third-order valence-corrected chi connectivity index (χ3v) is 5.89. The minimum Gasteiger partial charge on any atom is -0.741 e. The Morgan fingerprint density at radius 1 is 0.806 bits per heavy atom. The minimum absolute atomic E-state index is 0.171. The van der Waals surface area contributed by atoms with Crippen LogP contribution in [0.3, 0.4) is 0 Å². The molecule has 1 aromatic carbocycles. The van der Waals surface area contributed by atoms with Crippen LogP contribution in [0.5, 0.6) is 0 Å². The summed E-state index contributed by atoms with van der Waals surface area (Å²) in [5.41, 5.74) is -8.05. The predicted octanol–water partition coefficient (Wildman–Crippen LogP) is -0.110. The van der Waals surface area contributed by atoms with Gasteiger partial charge in [-0.1, -0.05) is 37.8 Å². The van der Waals surface area contributed by atoms with Gasteiger partial charge in [-0.25, -0.2) is 16.8 Å². The number of hydrogen-bond acceptors (Lipinski definition) is 6. The lowest BCUT2D eigenvalue weighted by atomic mass is 10.4. The Bertz CT molecular complexity index is 984. The maximum absolute atomic E-state index is 10.7. The van der Waals surface area contributed by atoms with Gasteiger partial charge in [0, 0.05) is 5.92 Å². The highest BCUT2D eigenvalue weighted by atomic mass is 127. The molecule has 0 radical (unpaired) electrons. The molecule has 0 atom stereocenters. The van der Waals surface area contributed by atoms with Gasteiger partial charge < -0.3 is 9.11 Å². The van der Waals surface area contributed by atoms with Crippen LogP contribution in [-0.2, 0) is 20.2 Å². The summed E-state index contributed by atoms with van der Waals surface area (Å²) in [6.07, 6.45) is 0. The normalized spacial score (nSPS) is 11.8. The van der Waals surface area contributed by atoms with Crippen LogP contribution in [0.15, 0.2) is 30.3 Å². The van der Waals surface area contributed by atoms with Crippen molar-refractivity contribution >= 4 is 28.3 Å². The molecule has 176 valence electrons. The number of halogens is 7. The Hall–Kier alpha value is -1.31. The van der Waals surface area contributed by atoms with Gasteiger partial charge in [-0.15, -0.1) is 5.54 Å². The lowest BCUT2D eigenvalue weighted by Gasteiger charge is -2.08. The van der Waals surface area contributed by atoms with Crippen LogP contribution in [-0.4, -0.2) is 45.0 Å². The Morgan fingerprint density at radius 2 is 1.16 bits per heavy atom. The smallest absolute Gasteiger partial charge is 0.485 e. The summed E-state index contributed by atoms with van der Waals surface area (Å²) in [7, 11) is -13.4. The first-order valence-electron chi connectivity index (χ1n) is 7.33. The second kappa shape index (κ2) is 12.7. The third-order valence-electron chi connectivity index (χ3n) is 2.00. The van der Waals surface area contributed by atoms with Crippen molar-refractivity contribution in [1.29, 1.82) is 0 Å². The molecule has 0 aliphatic carbocycles. The number of alkyl halides is 6. The Balaban J connectivity index is 0. The number of hydrogen-bond donors (Lipinski definition) is 0. The fraction of sp³-hybridized carbons (Fsp3) is 0.333. The second-order valence-electron chi connectivity index (χ2n) is 5.91. The molecule has 0 fully saturated rings. The van der Waals surface area contributed by atoms with Gasteiger partial charge in [0.2, 0.25) is 7.50 Å². The van der Waals surface area contributed by atoms with E-state index in [2.05, 4.69) is 65.2 Å². The van der Waals surface area contributed by atoms with E-state index in [0.29, 0.717) is 0 Å². The second-order valence-corrected chi connectivity index (χ2v) is 15.7. The van der Waals surface area contributed by atoms with Gasteiger partial charge in [-0.05, 0) is 18.1 Å². The third kappa shape index (κ3) is 18.0. The van der Waals surface area contributed by atoms with E-state index in [4.69, 9.17) is 25.9 Å². The Labute approximate surface area is 187 Å². The van der Waals surface area contributed by atoms with Crippen LogP contribution >= 0.6 is 0 Å². The van der Waals surface area contributed by atoms with E-state index in [9.17, 15) is 26.3 Å². The quantitative estimate of drug-likeness (QED) is 0.108. The number of rotatable bonds is 1. The molecule has 0 aromatic heterocycles. The minimum atomic E-state index is -6.09. The molecule has 16 heteroatoms. The predicted molar refractivity (Wildman–Crippen MR) is 95.5 cm³/mol. The molecular formula is C15H14F6IO6S2Si-. The van der Waals surface area contributed by atoms with Crippen LogP contribution < -0.4 is 21.2 Å². The lowest BCUT2D eigenvalue weighted by molar-refractivity contribution is -0.535. The average Bonchev–Trinajstić information content (AvgIpc) is 2.52.